The molecule has 5 rings (SSSR count). The minimum absolute atomic E-state index is 0.0952. The molecule has 1 aromatic heterocycles. The Morgan fingerprint density at radius 1 is 1.10 bits per heavy atom. The molecule has 41 heavy (non-hydrogen) atoms. The van der Waals surface area contributed by atoms with Gasteiger partial charge in [-0.1, -0.05) is 48.5 Å². The van der Waals surface area contributed by atoms with Gasteiger partial charge in [0.05, 0.1) is 22.6 Å². The molecule has 0 radical (unpaired) electrons. The number of nitrogens with two attached hydrogens (primary N) is 1. The van der Waals surface area contributed by atoms with Gasteiger partial charge in [-0.05, 0) is 19.2 Å². The van der Waals surface area contributed by atoms with Crippen molar-refractivity contribution in [1.82, 2.24) is 9.88 Å². The molecule has 1 amide bonds. The van der Waals surface area contributed by atoms with Crippen LogP contribution in [0.3, 0.4) is 0 Å². The van der Waals surface area contributed by atoms with E-state index in [1.807, 2.05) is 54.4 Å². The number of ether oxygens (including phenoxy) is 1. The third kappa shape index (κ3) is 6.19. The van der Waals surface area contributed by atoms with E-state index >= 15 is 0 Å². The van der Waals surface area contributed by atoms with E-state index in [4.69, 9.17) is 15.9 Å². The first-order valence-corrected chi connectivity index (χ1v) is 12.7. The first kappa shape index (κ1) is 27.8. The summed E-state index contributed by atoms with van der Waals surface area (Å²) in [6.45, 7) is 2.11. The van der Waals surface area contributed by atoms with Crippen LogP contribution in [0.1, 0.15) is 22.4 Å². The number of benzene rings is 2. The Labute approximate surface area is 233 Å². The number of carbonyl (C=O) groups is 1. The lowest BCUT2D eigenvalue weighted by atomic mass is 10.0. The first-order valence-electron chi connectivity index (χ1n) is 12.7. The van der Waals surface area contributed by atoms with Gasteiger partial charge in [-0.3, -0.25) is 10.2 Å². The molecule has 3 aromatic rings. The zero-order valence-corrected chi connectivity index (χ0v) is 22.0. The Kier molecular flexibility index (Phi) is 7.70. The maximum absolute atomic E-state index is 13.5. The summed E-state index contributed by atoms with van der Waals surface area (Å²) in [6.07, 6.45) is -5.33. The van der Waals surface area contributed by atoms with Crippen molar-refractivity contribution in [3.8, 4) is 0 Å². The van der Waals surface area contributed by atoms with Gasteiger partial charge in [-0.2, -0.15) is 18.2 Å². The van der Waals surface area contributed by atoms with Gasteiger partial charge < -0.3 is 25.6 Å². The maximum atomic E-state index is 13.5. The molecule has 10 nitrogen and oxygen atoms in total. The summed E-state index contributed by atoms with van der Waals surface area (Å²) < 4.78 is 45.9. The highest BCUT2D eigenvalue weighted by Crippen LogP contribution is 2.33. The first-order chi connectivity index (χ1) is 19.6. The van der Waals surface area contributed by atoms with Crippen molar-refractivity contribution in [2.45, 2.75) is 12.3 Å². The maximum Gasteiger partial charge on any atom is 0.417 e. The van der Waals surface area contributed by atoms with Crippen LogP contribution in [0, 0.1) is 5.41 Å². The molecule has 0 spiro atoms. The smallest absolute Gasteiger partial charge is 0.405 e. The largest absolute Gasteiger partial charge is 0.417 e. The monoisotopic (exact) mass is 564 g/mol. The fourth-order valence-electron chi connectivity index (χ4n) is 4.53. The van der Waals surface area contributed by atoms with Crippen molar-refractivity contribution in [3.05, 3.63) is 89.2 Å². The van der Waals surface area contributed by atoms with E-state index in [1.165, 1.54) is 0 Å². The second kappa shape index (κ2) is 11.4. The SMILES string of the molecule is CN1CCN(c2cc(C(F)(F)F)cnc2C(=N)OC(N)=N[C@H]2N=C(c3ccccc3)c3ccccc3NC2=O)CC1. The molecule has 1 saturated heterocycles. The predicted molar refractivity (Wildman–Crippen MR) is 149 cm³/mol. The quantitative estimate of drug-likeness (QED) is 0.329. The van der Waals surface area contributed by atoms with Crippen LogP contribution >= 0.6 is 0 Å². The van der Waals surface area contributed by atoms with E-state index in [-0.39, 0.29) is 11.4 Å². The molecule has 1 fully saturated rings. The number of aromatic nitrogens is 1. The summed E-state index contributed by atoms with van der Waals surface area (Å²) in [7, 11) is 1.92. The lowest BCUT2D eigenvalue weighted by Crippen LogP contribution is -2.45. The van der Waals surface area contributed by atoms with Crippen LogP contribution in [0.5, 0.6) is 0 Å². The molecule has 0 aliphatic carbocycles. The fourth-order valence-corrected chi connectivity index (χ4v) is 4.53. The molecule has 0 unspecified atom stereocenters. The van der Waals surface area contributed by atoms with E-state index in [0.717, 1.165) is 11.6 Å². The summed E-state index contributed by atoms with van der Waals surface area (Å²) in [5.74, 6) is -1.19. The van der Waals surface area contributed by atoms with Gasteiger partial charge in [0.25, 0.3) is 11.9 Å². The fraction of sp³-hybridized carbons (Fsp3) is 0.250. The third-order valence-corrected chi connectivity index (χ3v) is 6.68. The normalized spacial score (nSPS) is 18.2. The highest BCUT2D eigenvalue weighted by molar-refractivity contribution is 6.19. The second-order valence-corrected chi connectivity index (χ2v) is 9.53. The van der Waals surface area contributed by atoms with Gasteiger partial charge in [0.2, 0.25) is 12.1 Å². The number of fused-ring (bicyclic) bond motifs is 1. The molecule has 2 aliphatic rings. The van der Waals surface area contributed by atoms with Gasteiger partial charge in [-0.15, -0.1) is 0 Å². The van der Waals surface area contributed by atoms with Crippen molar-refractivity contribution in [2.75, 3.05) is 43.4 Å². The minimum atomic E-state index is -4.62. The number of anilines is 2. The molecular formula is C28H27F3N8O2. The lowest BCUT2D eigenvalue weighted by molar-refractivity contribution is -0.137. The van der Waals surface area contributed by atoms with Crippen molar-refractivity contribution in [3.63, 3.8) is 0 Å². The molecule has 2 aliphatic heterocycles. The number of aliphatic imine (C=N–C) groups is 2. The van der Waals surface area contributed by atoms with Crippen molar-refractivity contribution in [1.29, 1.82) is 5.41 Å². The van der Waals surface area contributed by atoms with Gasteiger partial charge >= 0.3 is 6.18 Å². The molecule has 0 saturated carbocycles. The Balaban J connectivity index is 1.45. The highest BCUT2D eigenvalue weighted by atomic mass is 19.4. The number of nitrogens with one attached hydrogen (secondary N) is 2. The average molecular weight is 565 g/mol. The number of halogens is 3. The molecule has 0 bridgehead atoms. The molecule has 1 atom stereocenters. The number of likely N-dealkylation sites (N-methyl/N-ethyl adjacent to an activating group) is 1. The van der Waals surface area contributed by atoms with Gasteiger partial charge in [0, 0.05) is 43.5 Å². The summed E-state index contributed by atoms with van der Waals surface area (Å²) in [4.78, 5) is 29.4. The average Bonchev–Trinajstić information content (AvgIpc) is 3.09. The number of rotatable bonds is 4. The number of piperazine rings is 1. The van der Waals surface area contributed by atoms with E-state index in [9.17, 15) is 18.0 Å². The van der Waals surface area contributed by atoms with Gasteiger partial charge in [-0.25, -0.2) is 9.98 Å². The molecule has 2 aromatic carbocycles. The summed E-state index contributed by atoms with van der Waals surface area (Å²) in [5.41, 5.74) is 7.48. The van der Waals surface area contributed by atoms with Crippen LogP contribution in [0.4, 0.5) is 24.5 Å². The number of amidine groups is 1. The van der Waals surface area contributed by atoms with Crippen LogP contribution in [-0.2, 0) is 15.7 Å². The molecular weight excluding hydrogens is 537 g/mol. The Morgan fingerprint density at radius 2 is 1.78 bits per heavy atom. The summed E-state index contributed by atoms with van der Waals surface area (Å²) in [6, 6.07) is 16.8. The number of alkyl halides is 3. The third-order valence-electron chi connectivity index (χ3n) is 6.68. The zero-order chi connectivity index (χ0) is 29.1. The van der Waals surface area contributed by atoms with Crippen molar-refractivity contribution in [2.24, 2.45) is 15.7 Å². The molecule has 3 heterocycles. The van der Waals surface area contributed by atoms with Crippen LogP contribution in [0.25, 0.3) is 0 Å². The number of benzodiazepines with no additional fused rings is 1. The van der Waals surface area contributed by atoms with Gasteiger partial charge in [0.1, 0.15) is 5.69 Å². The Bertz CT molecular complexity index is 1520. The lowest BCUT2D eigenvalue weighted by Gasteiger charge is -2.35. The number of pyridine rings is 1. The zero-order valence-electron chi connectivity index (χ0n) is 22.0. The Morgan fingerprint density at radius 3 is 2.49 bits per heavy atom. The van der Waals surface area contributed by atoms with Crippen LogP contribution in [-0.4, -0.2) is 72.8 Å². The molecule has 212 valence electrons. The number of hydrogen-bond donors (Lipinski definition) is 3. The van der Waals surface area contributed by atoms with Gasteiger partial charge in [0.15, 0.2) is 0 Å². The Hall–Kier alpha value is -4.78. The number of para-hydroxylation sites is 1. The van der Waals surface area contributed by atoms with Crippen molar-refractivity contribution >= 4 is 34.9 Å². The standard InChI is InChI=1S/C28H27F3N8O2/c1-38-11-13-39(14-12-38)21-15-18(28(29,30)31)16-34-23(21)24(32)41-27(33)37-25-26(40)35-20-10-6-5-9-19(20)22(36-25)17-7-3-2-4-8-17/h2-10,15-16,25,32H,11-14H2,1H3,(H2,33,37)(H,35,40)/t25-/m1/s1. The van der Waals surface area contributed by atoms with E-state index < -0.39 is 35.7 Å². The van der Waals surface area contributed by atoms with E-state index in [2.05, 4.69) is 20.3 Å². The van der Waals surface area contributed by atoms with E-state index in [1.54, 1.807) is 17.0 Å². The van der Waals surface area contributed by atoms with E-state index in [0.29, 0.717) is 49.3 Å². The molecule has 4 N–H and O–H groups in total. The van der Waals surface area contributed by atoms with Crippen LogP contribution < -0.4 is 16.0 Å². The van der Waals surface area contributed by atoms with Crippen LogP contribution in [0.2, 0.25) is 0 Å². The highest BCUT2D eigenvalue weighted by Gasteiger charge is 2.34. The number of carbonyl (C=O) groups excluding carboxylic acids is 1. The van der Waals surface area contributed by atoms with Crippen molar-refractivity contribution < 1.29 is 22.7 Å². The summed E-state index contributed by atoms with van der Waals surface area (Å²) in [5, 5.41) is 11.3. The second-order valence-electron chi connectivity index (χ2n) is 9.53. The number of hydrogen-bond acceptors (Lipinski definition) is 8. The number of nitrogens with zero attached hydrogens (tertiary/aromatic N) is 5. The number of amides is 1. The van der Waals surface area contributed by atoms with Crippen LogP contribution in [0.15, 0.2) is 76.8 Å². The minimum Gasteiger partial charge on any atom is -0.405 e. The topological polar surface area (TPSA) is 132 Å². The predicted octanol–water partition coefficient (Wildman–Crippen LogP) is 3.32. The molecule has 13 heteroatoms. The summed E-state index contributed by atoms with van der Waals surface area (Å²) >= 11 is 0.